The van der Waals surface area contributed by atoms with Crippen molar-refractivity contribution in [3.05, 3.63) is 35.9 Å². The smallest absolute Gasteiger partial charge is 0.0665 e. The lowest BCUT2D eigenvalue weighted by atomic mass is 9.86. The highest BCUT2D eigenvalue weighted by molar-refractivity contribution is 5.15. The maximum atomic E-state index is 9.60. The lowest BCUT2D eigenvalue weighted by Gasteiger charge is -2.32. The minimum Gasteiger partial charge on any atom is -0.392 e. The molecule has 1 aliphatic heterocycles. The molecule has 1 aromatic carbocycles. The molecule has 1 fully saturated rings. The van der Waals surface area contributed by atoms with Crippen LogP contribution in [-0.2, 0) is 6.42 Å². The van der Waals surface area contributed by atoms with Gasteiger partial charge in [-0.15, -0.1) is 0 Å². The number of rotatable bonds is 3. The third kappa shape index (κ3) is 4.79. The van der Waals surface area contributed by atoms with Crippen LogP contribution in [0.2, 0.25) is 0 Å². The number of aliphatic hydroxyl groups is 1. The monoisotopic (exact) mass is 249 g/mol. The third-order valence-electron chi connectivity index (χ3n) is 3.50. The van der Waals surface area contributed by atoms with Gasteiger partial charge < -0.3 is 10.4 Å². The van der Waals surface area contributed by atoms with E-state index in [1.807, 2.05) is 20.8 Å². The number of nitrogens with one attached hydrogen (secondary N) is 1. The standard InChI is InChI=1S/C14H21NO.C2H6/c1-11(16)14-10-13(7-8-15-14)9-12-5-3-2-4-6-12;1-2/h2-6,11,13-16H,7-10H2,1H3;1-2H3/t11-,13+,14?;/m0./s1. The molecule has 2 heteroatoms. The van der Waals surface area contributed by atoms with Crippen molar-refractivity contribution < 1.29 is 5.11 Å². The molecule has 0 aliphatic carbocycles. The first-order valence-electron chi connectivity index (χ1n) is 7.21. The second kappa shape index (κ2) is 8.28. The lowest BCUT2D eigenvalue weighted by Crippen LogP contribution is -2.45. The first-order chi connectivity index (χ1) is 8.75. The van der Waals surface area contributed by atoms with E-state index in [0.717, 1.165) is 19.4 Å². The zero-order chi connectivity index (χ0) is 13.4. The third-order valence-corrected chi connectivity index (χ3v) is 3.50. The van der Waals surface area contributed by atoms with Gasteiger partial charge in [-0.3, -0.25) is 0 Å². The quantitative estimate of drug-likeness (QED) is 0.863. The van der Waals surface area contributed by atoms with Crippen molar-refractivity contribution in [3.63, 3.8) is 0 Å². The molecule has 1 saturated heterocycles. The molecule has 0 saturated carbocycles. The van der Waals surface area contributed by atoms with E-state index in [4.69, 9.17) is 0 Å². The van der Waals surface area contributed by atoms with Crippen molar-refractivity contribution in [1.29, 1.82) is 0 Å². The maximum absolute atomic E-state index is 9.60. The van der Waals surface area contributed by atoms with E-state index in [0.29, 0.717) is 5.92 Å². The van der Waals surface area contributed by atoms with Gasteiger partial charge in [0.05, 0.1) is 6.10 Å². The van der Waals surface area contributed by atoms with Crippen molar-refractivity contribution in [2.45, 2.75) is 52.2 Å². The maximum Gasteiger partial charge on any atom is 0.0665 e. The average Bonchev–Trinajstić information content (AvgIpc) is 2.42. The van der Waals surface area contributed by atoms with E-state index in [1.54, 1.807) is 0 Å². The Bertz CT molecular complexity index is 310. The Hall–Kier alpha value is -0.860. The fourth-order valence-corrected chi connectivity index (χ4v) is 2.53. The zero-order valence-corrected chi connectivity index (χ0v) is 11.9. The van der Waals surface area contributed by atoms with Gasteiger partial charge in [0.15, 0.2) is 0 Å². The summed E-state index contributed by atoms with van der Waals surface area (Å²) in [6, 6.07) is 10.9. The minimum atomic E-state index is -0.237. The van der Waals surface area contributed by atoms with Crippen LogP contribution in [0.4, 0.5) is 0 Å². The summed E-state index contributed by atoms with van der Waals surface area (Å²) < 4.78 is 0. The van der Waals surface area contributed by atoms with Gasteiger partial charge >= 0.3 is 0 Å². The predicted octanol–water partition coefficient (Wildman–Crippen LogP) is 3.00. The highest BCUT2D eigenvalue weighted by atomic mass is 16.3. The molecule has 1 aromatic rings. The molecule has 0 amide bonds. The first kappa shape index (κ1) is 15.2. The van der Waals surface area contributed by atoms with Crippen molar-refractivity contribution in [1.82, 2.24) is 5.32 Å². The first-order valence-corrected chi connectivity index (χ1v) is 7.21. The van der Waals surface area contributed by atoms with Crippen LogP contribution in [0.3, 0.4) is 0 Å². The second-order valence-electron chi connectivity index (χ2n) is 4.88. The summed E-state index contributed by atoms with van der Waals surface area (Å²) in [5, 5.41) is 13.0. The van der Waals surface area contributed by atoms with E-state index >= 15 is 0 Å². The molecule has 0 radical (unpaired) electrons. The molecule has 0 aromatic heterocycles. The Labute approximate surface area is 111 Å². The van der Waals surface area contributed by atoms with Gasteiger partial charge in [-0.1, -0.05) is 44.2 Å². The molecule has 1 aliphatic rings. The van der Waals surface area contributed by atoms with Crippen LogP contribution >= 0.6 is 0 Å². The Kier molecular flexibility index (Phi) is 6.99. The van der Waals surface area contributed by atoms with Crippen LogP contribution in [0.15, 0.2) is 30.3 Å². The van der Waals surface area contributed by atoms with Crippen LogP contribution in [0.25, 0.3) is 0 Å². The number of hydrogen-bond acceptors (Lipinski definition) is 2. The summed E-state index contributed by atoms with van der Waals surface area (Å²) in [6.07, 6.45) is 3.22. The molecular formula is C16H27NO. The SMILES string of the molecule is CC.C[C@H](O)C1C[C@@H](Cc2ccccc2)CCN1. The highest BCUT2D eigenvalue weighted by Gasteiger charge is 2.24. The summed E-state index contributed by atoms with van der Waals surface area (Å²) in [7, 11) is 0. The topological polar surface area (TPSA) is 32.3 Å². The van der Waals surface area contributed by atoms with Crippen LogP contribution in [0.5, 0.6) is 0 Å². The molecule has 2 N–H and O–H groups in total. The van der Waals surface area contributed by atoms with E-state index in [1.165, 1.54) is 12.0 Å². The summed E-state index contributed by atoms with van der Waals surface area (Å²) in [4.78, 5) is 0. The van der Waals surface area contributed by atoms with E-state index < -0.39 is 0 Å². The van der Waals surface area contributed by atoms with Gasteiger partial charge in [-0.25, -0.2) is 0 Å². The van der Waals surface area contributed by atoms with Crippen molar-refractivity contribution in [2.75, 3.05) is 6.54 Å². The largest absolute Gasteiger partial charge is 0.392 e. The summed E-state index contributed by atoms with van der Waals surface area (Å²) in [5.41, 5.74) is 1.42. The van der Waals surface area contributed by atoms with Crippen molar-refractivity contribution in [2.24, 2.45) is 5.92 Å². The molecule has 102 valence electrons. The molecule has 1 unspecified atom stereocenters. The molecular weight excluding hydrogens is 222 g/mol. The van der Waals surface area contributed by atoms with Crippen LogP contribution in [-0.4, -0.2) is 23.8 Å². The van der Waals surface area contributed by atoms with E-state index in [-0.39, 0.29) is 12.1 Å². The molecule has 1 heterocycles. The van der Waals surface area contributed by atoms with Gasteiger partial charge in [0.1, 0.15) is 0 Å². The second-order valence-corrected chi connectivity index (χ2v) is 4.88. The molecule has 2 nitrogen and oxygen atoms in total. The highest BCUT2D eigenvalue weighted by Crippen LogP contribution is 2.22. The van der Waals surface area contributed by atoms with Crippen LogP contribution < -0.4 is 5.32 Å². The predicted molar refractivity (Wildman–Crippen MR) is 77.7 cm³/mol. The Morgan fingerprint density at radius 2 is 1.94 bits per heavy atom. The molecule has 2 rings (SSSR count). The molecule has 0 bridgehead atoms. The molecule has 3 atom stereocenters. The summed E-state index contributed by atoms with van der Waals surface area (Å²) >= 11 is 0. The lowest BCUT2D eigenvalue weighted by molar-refractivity contribution is 0.113. The summed E-state index contributed by atoms with van der Waals surface area (Å²) in [5.74, 6) is 0.711. The van der Waals surface area contributed by atoms with Gasteiger partial charge in [0.2, 0.25) is 0 Å². The number of aliphatic hydroxyl groups excluding tert-OH is 1. The summed E-state index contributed by atoms with van der Waals surface area (Å²) in [6.45, 7) is 6.91. The molecule has 18 heavy (non-hydrogen) atoms. The number of hydrogen-bond donors (Lipinski definition) is 2. The fraction of sp³-hybridized carbons (Fsp3) is 0.625. The fourth-order valence-electron chi connectivity index (χ4n) is 2.53. The van der Waals surface area contributed by atoms with Gasteiger partial charge in [-0.2, -0.15) is 0 Å². The average molecular weight is 249 g/mol. The normalized spacial score (nSPS) is 24.9. The van der Waals surface area contributed by atoms with Gasteiger partial charge in [0, 0.05) is 6.04 Å². The van der Waals surface area contributed by atoms with Gasteiger partial charge in [-0.05, 0) is 44.2 Å². The van der Waals surface area contributed by atoms with E-state index in [2.05, 4.69) is 35.6 Å². The zero-order valence-electron chi connectivity index (χ0n) is 11.9. The van der Waals surface area contributed by atoms with Crippen molar-refractivity contribution >= 4 is 0 Å². The van der Waals surface area contributed by atoms with Gasteiger partial charge in [0.25, 0.3) is 0 Å². The Morgan fingerprint density at radius 1 is 1.28 bits per heavy atom. The molecule has 0 spiro atoms. The number of benzene rings is 1. The minimum absolute atomic E-state index is 0.237. The van der Waals surface area contributed by atoms with Crippen molar-refractivity contribution in [3.8, 4) is 0 Å². The van der Waals surface area contributed by atoms with Crippen LogP contribution in [0, 0.1) is 5.92 Å². The van der Waals surface area contributed by atoms with E-state index in [9.17, 15) is 5.11 Å². The van der Waals surface area contributed by atoms with Crippen LogP contribution in [0.1, 0.15) is 39.2 Å². The number of piperidine rings is 1. The Morgan fingerprint density at radius 3 is 2.56 bits per heavy atom. The Balaban J connectivity index is 0.000000771.